The third kappa shape index (κ3) is 2.66. The van der Waals surface area contributed by atoms with Gasteiger partial charge in [0, 0.05) is 39.0 Å². The molecule has 3 fully saturated rings. The second-order valence-corrected chi connectivity index (χ2v) is 6.40. The van der Waals surface area contributed by atoms with E-state index in [0.717, 1.165) is 39.3 Å². The van der Waals surface area contributed by atoms with Crippen LogP contribution in [0, 0.1) is 0 Å². The number of amides is 1. The number of carbonyl (C=O) groups is 1. The fourth-order valence-electron chi connectivity index (χ4n) is 3.83. The van der Waals surface area contributed by atoms with E-state index in [0.29, 0.717) is 24.4 Å². The maximum atomic E-state index is 12.5. The van der Waals surface area contributed by atoms with Gasteiger partial charge in [0.2, 0.25) is 0 Å². The van der Waals surface area contributed by atoms with E-state index in [1.165, 1.54) is 6.42 Å². The lowest BCUT2D eigenvalue weighted by atomic mass is 10.1. The molecule has 3 saturated heterocycles. The van der Waals surface area contributed by atoms with Gasteiger partial charge in [-0.3, -0.25) is 9.69 Å². The molecule has 0 bridgehead atoms. The van der Waals surface area contributed by atoms with Crippen LogP contribution in [0.2, 0.25) is 0 Å². The van der Waals surface area contributed by atoms with Crippen LogP contribution in [-0.2, 0) is 9.47 Å². The molecule has 1 N–H and O–H groups in total. The number of ether oxygens (including phenoxy) is 2. The molecule has 0 radical (unpaired) electrons. The number of morpholine rings is 1. The largest absolute Gasteiger partial charge is 0.377 e. The fourth-order valence-corrected chi connectivity index (χ4v) is 3.83. The van der Waals surface area contributed by atoms with Crippen LogP contribution in [0.25, 0.3) is 0 Å². The highest BCUT2D eigenvalue weighted by Crippen LogP contribution is 2.25. The average Bonchev–Trinajstić information content (AvgIpc) is 3.28. The summed E-state index contributed by atoms with van der Waals surface area (Å²) in [5.74, 6) is 0.0695. The molecule has 0 aliphatic carbocycles. The van der Waals surface area contributed by atoms with Gasteiger partial charge in [-0.15, -0.1) is 0 Å². The highest BCUT2D eigenvalue weighted by atomic mass is 16.5. The number of carbonyl (C=O) groups excluding carboxylic acids is 1. The van der Waals surface area contributed by atoms with Gasteiger partial charge in [0.15, 0.2) is 0 Å². The van der Waals surface area contributed by atoms with Crippen LogP contribution in [0.3, 0.4) is 0 Å². The Kier molecular flexibility index (Phi) is 3.90. The molecule has 120 valence electrons. The van der Waals surface area contributed by atoms with E-state index >= 15 is 0 Å². The quantitative estimate of drug-likeness (QED) is 0.894. The summed E-state index contributed by atoms with van der Waals surface area (Å²) in [6, 6.07) is 3.99. The molecule has 1 amide bonds. The van der Waals surface area contributed by atoms with Gasteiger partial charge < -0.3 is 19.4 Å². The van der Waals surface area contributed by atoms with Crippen LogP contribution in [-0.4, -0.2) is 78.3 Å². The van der Waals surface area contributed by atoms with Crippen molar-refractivity contribution in [2.75, 3.05) is 39.4 Å². The first-order chi connectivity index (χ1) is 10.8. The Morgan fingerprint density at radius 1 is 1.32 bits per heavy atom. The first kappa shape index (κ1) is 14.2. The van der Waals surface area contributed by atoms with E-state index in [1.54, 1.807) is 6.20 Å². The van der Waals surface area contributed by atoms with Gasteiger partial charge in [0.05, 0.1) is 24.9 Å². The molecule has 0 saturated carbocycles. The lowest BCUT2D eigenvalue weighted by Crippen LogP contribution is -2.52. The van der Waals surface area contributed by atoms with Crippen LogP contribution in [0.5, 0.6) is 0 Å². The van der Waals surface area contributed by atoms with Crippen LogP contribution >= 0.6 is 0 Å². The van der Waals surface area contributed by atoms with Crippen molar-refractivity contribution < 1.29 is 14.3 Å². The zero-order valence-corrected chi connectivity index (χ0v) is 12.7. The van der Waals surface area contributed by atoms with Crippen molar-refractivity contribution in [3.05, 3.63) is 24.0 Å². The van der Waals surface area contributed by atoms with Crippen molar-refractivity contribution in [3.8, 4) is 0 Å². The van der Waals surface area contributed by atoms with Crippen molar-refractivity contribution in [1.82, 2.24) is 14.8 Å². The summed E-state index contributed by atoms with van der Waals surface area (Å²) in [4.78, 5) is 19.9. The van der Waals surface area contributed by atoms with Gasteiger partial charge in [0.1, 0.15) is 5.69 Å². The zero-order valence-electron chi connectivity index (χ0n) is 12.7. The Bertz CT molecular complexity index is 513. The van der Waals surface area contributed by atoms with E-state index in [-0.39, 0.29) is 12.0 Å². The topological polar surface area (TPSA) is 57.8 Å². The number of rotatable bonds is 3. The Morgan fingerprint density at radius 3 is 3.05 bits per heavy atom. The number of aromatic amines is 1. The minimum Gasteiger partial charge on any atom is -0.377 e. The summed E-state index contributed by atoms with van der Waals surface area (Å²) < 4.78 is 11.7. The van der Waals surface area contributed by atoms with Crippen LogP contribution in [0.15, 0.2) is 18.3 Å². The lowest BCUT2D eigenvalue weighted by molar-refractivity contribution is -0.0614. The van der Waals surface area contributed by atoms with Gasteiger partial charge in [-0.25, -0.2) is 0 Å². The Morgan fingerprint density at radius 2 is 2.27 bits per heavy atom. The molecule has 1 aromatic rings. The number of nitrogens with zero attached hydrogens (tertiary/aromatic N) is 2. The number of aromatic nitrogens is 1. The second-order valence-electron chi connectivity index (χ2n) is 6.40. The summed E-state index contributed by atoms with van der Waals surface area (Å²) in [6.45, 7) is 4.97. The third-order valence-corrected chi connectivity index (χ3v) is 4.99. The van der Waals surface area contributed by atoms with Gasteiger partial charge in [0.25, 0.3) is 5.91 Å². The van der Waals surface area contributed by atoms with E-state index in [4.69, 9.17) is 9.47 Å². The lowest BCUT2D eigenvalue weighted by Gasteiger charge is -2.37. The molecule has 3 aliphatic rings. The molecular weight excluding hydrogens is 282 g/mol. The molecule has 0 aromatic carbocycles. The number of nitrogens with one attached hydrogen (secondary N) is 1. The van der Waals surface area contributed by atoms with E-state index in [1.807, 2.05) is 17.0 Å². The number of H-pyrrole nitrogens is 1. The average molecular weight is 305 g/mol. The maximum absolute atomic E-state index is 12.5. The fraction of sp³-hybridized carbons (Fsp3) is 0.688. The van der Waals surface area contributed by atoms with Crippen molar-refractivity contribution in [1.29, 1.82) is 0 Å². The Labute approximate surface area is 130 Å². The first-order valence-corrected chi connectivity index (χ1v) is 8.21. The van der Waals surface area contributed by atoms with Gasteiger partial charge in [-0.05, 0) is 25.0 Å². The first-order valence-electron chi connectivity index (χ1n) is 8.21. The molecule has 4 heterocycles. The van der Waals surface area contributed by atoms with Gasteiger partial charge >= 0.3 is 0 Å². The molecule has 22 heavy (non-hydrogen) atoms. The van der Waals surface area contributed by atoms with E-state index in [2.05, 4.69) is 9.88 Å². The molecule has 6 heteroatoms. The number of fused-ring (bicyclic) bond motifs is 1. The molecule has 0 spiro atoms. The van der Waals surface area contributed by atoms with Crippen molar-refractivity contribution >= 4 is 5.91 Å². The molecule has 0 unspecified atom stereocenters. The number of hydrogen-bond donors (Lipinski definition) is 1. The van der Waals surface area contributed by atoms with E-state index in [9.17, 15) is 4.79 Å². The number of likely N-dealkylation sites (tertiary alicyclic amines) is 1. The van der Waals surface area contributed by atoms with Crippen molar-refractivity contribution in [3.63, 3.8) is 0 Å². The SMILES string of the molecule is O=C(c1ccc[nH]1)N1C[C@@H]2OCCN(C[C@H]3CCCO3)[C@@H]2C1. The van der Waals surface area contributed by atoms with Crippen molar-refractivity contribution in [2.24, 2.45) is 0 Å². The molecule has 3 atom stereocenters. The summed E-state index contributed by atoms with van der Waals surface area (Å²) in [6.07, 6.45) is 4.60. The van der Waals surface area contributed by atoms with E-state index < -0.39 is 0 Å². The van der Waals surface area contributed by atoms with Crippen LogP contribution in [0.1, 0.15) is 23.3 Å². The van der Waals surface area contributed by atoms with Crippen molar-refractivity contribution in [2.45, 2.75) is 31.1 Å². The maximum Gasteiger partial charge on any atom is 0.270 e. The van der Waals surface area contributed by atoms with Crippen LogP contribution < -0.4 is 0 Å². The van der Waals surface area contributed by atoms with Gasteiger partial charge in [-0.1, -0.05) is 0 Å². The third-order valence-electron chi connectivity index (χ3n) is 4.99. The molecule has 6 nitrogen and oxygen atoms in total. The number of hydrogen-bond acceptors (Lipinski definition) is 4. The minimum absolute atomic E-state index is 0.0695. The standard InChI is InChI=1S/C16H23N3O3/c20-16(13-4-1-5-17-13)19-10-14-15(11-19)22-8-6-18(14)9-12-3-2-7-21-12/h1,4-5,12,14-15,17H,2-3,6-11H2/t12-,14-,15+/m1/s1. The second kappa shape index (κ2) is 6.02. The molecule has 3 aliphatic heterocycles. The summed E-state index contributed by atoms with van der Waals surface area (Å²) in [7, 11) is 0. The normalized spacial score (nSPS) is 32.4. The van der Waals surface area contributed by atoms with Crippen LogP contribution in [0.4, 0.5) is 0 Å². The zero-order chi connectivity index (χ0) is 14.9. The van der Waals surface area contributed by atoms with Gasteiger partial charge in [-0.2, -0.15) is 0 Å². The highest BCUT2D eigenvalue weighted by Gasteiger charge is 2.42. The molecule has 4 rings (SSSR count). The predicted molar refractivity (Wildman–Crippen MR) is 80.8 cm³/mol. The summed E-state index contributed by atoms with van der Waals surface area (Å²) in [5, 5.41) is 0. The Balaban J connectivity index is 1.42. The molecular formula is C16H23N3O3. The summed E-state index contributed by atoms with van der Waals surface area (Å²) in [5.41, 5.74) is 0.657. The smallest absolute Gasteiger partial charge is 0.270 e. The molecule has 1 aromatic heterocycles. The monoisotopic (exact) mass is 305 g/mol. The highest BCUT2D eigenvalue weighted by molar-refractivity contribution is 5.92. The minimum atomic E-state index is 0.0695. The predicted octanol–water partition coefficient (Wildman–Crippen LogP) is 0.719. The Hall–Kier alpha value is -1.37. The summed E-state index contributed by atoms with van der Waals surface area (Å²) >= 11 is 0.